The quantitative estimate of drug-likeness (QED) is 0.725. The lowest BCUT2D eigenvalue weighted by atomic mass is 9.99. The van der Waals surface area contributed by atoms with Gasteiger partial charge in [0.2, 0.25) is 0 Å². The zero-order valence-electron chi connectivity index (χ0n) is 12.7. The van der Waals surface area contributed by atoms with Crippen molar-refractivity contribution in [1.29, 1.82) is 0 Å². The molecule has 1 aliphatic heterocycles. The van der Waals surface area contributed by atoms with Crippen LogP contribution in [0.2, 0.25) is 0 Å². The summed E-state index contributed by atoms with van der Waals surface area (Å²) in [5, 5.41) is 4.77. The van der Waals surface area contributed by atoms with E-state index in [9.17, 15) is 4.39 Å². The van der Waals surface area contributed by atoms with Gasteiger partial charge in [0.05, 0.1) is 24.9 Å². The number of pyridine rings is 1. The third kappa shape index (κ3) is 2.53. The zero-order chi connectivity index (χ0) is 15.8. The molecule has 0 bridgehead atoms. The maximum Gasteiger partial charge on any atom is 0.123 e. The molecule has 1 aliphatic rings. The molecule has 0 aliphatic carbocycles. The van der Waals surface area contributed by atoms with E-state index in [0.717, 1.165) is 28.1 Å². The first-order valence-electron chi connectivity index (χ1n) is 7.60. The van der Waals surface area contributed by atoms with E-state index < -0.39 is 0 Å². The Balaban J connectivity index is 1.93. The van der Waals surface area contributed by atoms with Crippen molar-refractivity contribution >= 4 is 0 Å². The Hall–Kier alpha value is -2.53. The predicted molar refractivity (Wildman–Crippen MR) is 85.1 cm³/mol. The van der Waals surface area contributed by atoms with Crippen LogP contribution in [0.25, 0.3) is 22.4 Å². The molecule has 3 heterocycles. The van der Waals surface area contributed by atoms with E-state index in [0.29, 0.717) is 13.2 Å². The average Bonchev–Trinajstić information content (AvgIpc) is 2.94. The standard InChI is InChI=1S/C18H16FN3O/c1-12-10-22-16(11-23-12)17(13-6-8-20-9-7-13)18(21-22)14-2-4-15(19)5-3-14/h2-9,12H,10-11H2,1H3. The van der Waals surface area contributed by atoms with E-state index >= 15 is 0 Å². The molecule has 0 saturated heterocycles. The molecule has 1 aromatic carbocycles. The lowest BCUT2D eigenvalue weighted by Gasteiger charge is -2.21. The minimum Gasteiger partial charge on any atom is -0.370 e. The highest BCUT2D eigenvalue weighted by Crippen LogP contribution is 2.36. The van der Waals surface area contributed by atoms with Crippen LogP contribution in [0.3, 0.4) is 0 Å². The number of rotatable bonds is 2. The van der Waals surface area contributed by atoms with E-state index in [1.165, 1.54) is 12.1 Å². The average molecular weight is 309 g/mol. The van der Waals surface area contributed by atoms with E-state index in [1.54, 1.807) is 24.5 Å². The molecule has 4 nitrogen and oxygen atoms in total. The highest BCUT2D eigenvalue weighted by Gasteiger charge is 2.25. The summed E-state index contributed by atoms with van der Waals surface area (Å²) in [7, 11) is 0. The first kappa shape index (κ1) is 14.1. The Kier molecular flexibility index (Phi) is 3.42. The lowest BCUT2D eigenvalue weighted by molar-refractivity contribution is 0.0128. The van der Waals surface area contributed by atoms with Crippen LogP contribution in [-0.2, 0) is 17.9 Å². The Morgan fingerprint density at radius 3 is 2.57 bits per heavy atom. The summed E-state index contributed by atoms with van der Waals surface area (Å²) < 4.78 is 21.1. The van der Waals surface area contributed by atoms with E-state index in [4.69, 9.17) is 9.84 Å². The summed E-state index contributed by atoms with van der Waals surface area (Å²) >= 11 is 0. The fraction of sp³-hybridized carbons (Fsp3) is 0.222. The van der Waals surface area contributed by atoms with Crippen LogP contribution in [0.1, 0.15) is 12.6 Å². The summed E-state index contributed by atoms with van der Waals surface area (Å²) in [4.78, 5) is 4.09. The molecule has 3 aromatic rings. The van der Waals surface area contributed by atoms with Gasteiger partial charge in [0.15, 0.2) is 0 Å². The van der Waals surface area contributed by atoms with Gasteiger partial charge in [-0.25, -0.2) is 4.39 Å². The molecule has 1 unspecified atom stereocenters. The molecule has 0 N–H and O–H groups in total. The number of hydrogen-bond donors (Lipinski definition) is 0. The molecule has 0 amide bonds. The zero-order valence-corrected chi connectivity index (χ0v) is 12.7. The third-order valence-corrected chi connectivity index (χ3v) is 4.08. The van der Waals surface area contributed by atoms with Gasteiger partial charge in [0, 0.05) is 23.5 Å². The van der Waals surface area contributed by atoms with Gasteiger partial charge in [-0.15, -0.1) is 0 Å². The number of hydrogen-bond acceptors (Lipinski definition) is 3. The second kappa shape index (κ2) is 5.59. The first-order chi connectivity index (χ1) is 11.2. The molecule has 0 fully saturated rings. The number of halogens is 1. The largest absolute Gasteiger partial charge is 0.370 e. The smallest absolute Gasteiger partial charge is 0.123 e. The van der Waals surface area contributed by atoms with Gasteiger partial charge in [-0.1, -0.05) is 0 Å². The summed E-state index contributed by atoms with van der Waals surface area (Å²) in [6, 6.07) is 10.4. The highest BCUT2D eigenvalue weighted by molar-refractivity contribution is 5.82. The molecule has 5 heteroatoms. The Morgan fingerprint density at radius 2 is 1.83 bits per heavy atom. The van der Waals surface area contributed by atoms with Crippen molar-refractivity contribution in [1.82, 2.24) is 14.8 Å². The van der Waals surface area contributed by atoms with Gasteiger partial charge in [-0.3, -0.25) is 9.67 Å². The van der Waals surface area contributed by atoms with Crippen LogP contribution in [-0.4, -0.2) is 20.9 Å². The fourth-order valence-electron chi connectivity index (χ4n) is 2.94. The van der Waals surface area contributed by atoms with E-state index in [2.05, 4.69) is 4.98 Å². The predicted octanol–water partition coefficient (Wildman–Crippen LogP) is 3.67. The topological polar surface area (TPSA) is 39.9 Å². The van der Waals surface area contributed by atoms with Crippen LogP contribution in [0.5, 0.6) is 0 Å². The Morgan fingerprint density at radius 1 is 1.09 bits per heavy atom. The lowest BCUT2D eigenvalue weighted by Crippen LogP contribution is -2.25. The molecule has 4 rings (SSSR count). The van der Waals surface area contributed by atoms with Crippen molar-refractivity contribution in [3.8, 4) is 22.4 Å². The first-order valence-corrected chi connectivity index (χ1v) is 7.60. The van der Waals surface area contributed by atoms with Crippen LogP contribution in [0.15, 0.2) is 48.8 Å². The summed E-state index contributed by atoms with van der Waals surface area (Å²) in [5.41, 5.74) is 4.87. The number of nitrogens with zero attached hydrogens (tertiary/aromatic N) is 3. The molecule has 1 atom stereocenters. The summed E-state index contributed by atoms with van der Waals surface area (Å²) in [5.74, 6) is -0.250. The third-order valence-electron chi connectivity index (χ3n) is 4.08. The van der Waals surface area contributed by atoms with Crippen molar-refractivity contribution in [3.05, 3.63) is 60.3 Å². The van der Waals surface area contributed by atoms with Crippen LogP contribution in [0.4, 0.5) is 4.39 Å². The molecule has 116 valence electrons. The van der Waals surface area contributed by atoms with Crippen molar-refractivity contribution in [2.45, 2.75) is 26.2 Å². The van der Waals surface area contributed by atoms with Gasteiger partial charge in [-0.05, 0) is 48.9 Å². The van der Waals surface area contributed by atoms with Gasteiger partial charge in [0.1, 0.15) is 11.5 Å². The summed E-state index contributed by atoms with van der Waals surface area (Å²) in [6.07, 6.45) is 3.66. The van der Waals surface area contributed by atoms with Gasteiger partial charge >= 0.3 is 0 Å². The van der Waals surface area contributed by atoms with Crippen molar-refractivity contribution < 1.29 is 9.13 Å². The summed E-state index contributed by atoms with van der Waals surface area (Å²) in [6.45, 7) is 3.27. The van der Waals surface area contributed by atoms with Gasteiger partial charge in [-0.2, -0.15) is 5.10 Å². The SMILES string of the molecule is CC1Cn2nc(-c3ccc(F)cc3)c(-c3ccncc3)c2CO1. The Bertz CT molecular complexity index is 827. The normalized spacial score (nSPS) is 17.0. The monoisotopic (exact) mass is 309 g/mol. The van der Waals surface area contributed by atoms with Crippen molar-refractivity contribution in [2.24, 2.45) is 0 Å². The maximum absolute atomic E-state index is 13.3. The molecule has 23 heavy (non-hydrogen) atoms. The molecule has 2 aromatic heterocycles. The molecule has 0 saturated carbocycles. The number of aromatic nitrogens is 3. The minimum atomic E-state index is -0.250. The molecular formula is C18H16FN3O. The van der Waals surface area contributed by atoms with Crippen molar-refractivity contribution in [2.75, 3.05) is 0 Å². The maximum atomic E-state index is 13.3. The minimum absolute atomic E-state index is 0.133. The molecular weight excluding hydrogens is 293 g/mol. The molecule has 0 spiro atoms. The number of benzene rings is 1. The van der Waals surface area contributed by atoms with Crippen LogP contribution < -0.4 is 0 Å². The van der Waals surface area contributed by atoms with E-state index in [-0.39, 0.29) is 11.9 Å². The van der Waals surface area contributed by atoms with Crippen LogP contribution in [0, 0.1) is 5.82 Å². The van der Waals surface area contributed by atoms with Gasteiger partial charge in [0.25, 0.3) is 0 Å². The second-order valence-corrected chi connectivity index (χ2v) is 5.72. The molecule has 0 radical (unpaired) electrons. The van der Waals surface area contributed by atoms with E-state index in [1.807, 2.05) is 23.7 Å². The van der Waals surface area contributed by atoms with Gasteiger partial charge < -0.3 is 4.74 Å². The number of ether oxygens (including phenoxy) is 1. The highest BCUT2D eigenvalue weighted by atomic mass is 19.1. The second-order valence-electron chi connectivity index (χ2n) is 5.72. The van der Waals surface area contributed by atoms with Crippen molar-refractivity contribution in [3.63, 3.8) is 0 Å². The number of fused-ring (bicyclic) bond motifs is 1. The fourth-order valence-corrected chi connectivity index (χ4v) is 2.94. The van der Waals surface area contributed by atoms with Crippen LogP contribution >= 0.6 is 0 Å². The Labute approximate surface area is 133 Å².